The molecular formula is C7HClF5NO5S. The lowest BCUT2D eigenvalue weighted by Gasteiger charge is -2.12. The topological polar surface area (TPSA) is 86.5 Å². The smallest absolute Gasteiger partial charge is 0.399 e. The Morgan fingerprint density at radius 1 is 1.25 bits per heavy atom. The molecule has 0 aliphatic carbocycles. The third-order valence-corrected chi connectivity index (χ3v) is 3.11. The fraction of sp³-hybridized carbons (Fsp3) is 0.143. The fourth-order valence-electron chi connectivity index (χ4n) is 1.09. The van der Waals surface area contributed by atoms with Crippen LogP contribution in [0.25, 0.3) is 0 Å². The van der Waals surface area contributed by atoms with Crippen molar-refractivity contribution in [2.75, 3.05) is 0 Å². The molecule has 6 nitrogen and oxygen atoms in total. The van der Waals surface area contributed by atoms with Gasteiger partial charge in [0.25, 0.3) is 9.05 Å². The van der Waals surface area contributed by atoms with Crippen molar-refractivity contribution in [1.82, 2.24) is 0 Å². The predicted octanol–water partition coefficient (Wildman–Crippen LogP) is 2.70. The van der Waals surface area contributed by atoms with Gasteiger partial charge in [-0.1, -0.05) is 0 Å². The number of nitro groups is 1. The van der Waals surface area contributed by atoms with E-state index < -0.39 is 48.3 Å². The molecule has 0 saturated heterocycles. The van der Waals surface area contributed by atoms with Crippen LogP contribution in [0.1, 0.15) is 0 Å². The van der Waals surface area contributed by atoms with Gasteiger partial charge in [-0.05, 0) is 0 Å². The Labute approximate surface area is 111 Å². The summed E-state index contributed by atoms with van der Waals surface area (Å²) in [6.07, 6.45) is -5.61. The number of hydrogen-bond acceptors (Lipinski definition) is 5. The van der Waals surface area contributed by atoms with Crippen molar-refractivity contribution in [3.05, 3.63) is 27.8 Å². The van der Waals surface area contributed by atoms with Crippen LogP contribution in [0.5, 0.6) is 5.75 Å². The first-order chi connectivity index (χ1) is 8.84. The van der Waals surface area contributed by atoms with Gasteiger partial charge in [-0.15, -0.1) is 13.2 Å². The van der Waals surface area contributed by atoms with Crippen molar-refractivity contribution in [3.63, 3.8) is 0 Å². The van der Waals surface area contributed by atoms with E-state index in [1.165, 1.54) is 0 Å². The molecule has 0 aliphatic rings. The Bertz CT molecular complexity index is 673. The highest BCUT2D eigenvalue weighted by Gasteiger charge is 2.39. The van der Waals surface area contributed by atoms with Crippen LogP contribution in [0.2, 0.25) is 0 Å². The molecule has 1 rings (SSSR count). The number of hydrogen-bond donors (Lipinski definition) is 0. The number of rotatable bonds is 3. The Hall–Kier alpha value is -1.69. The summed E-state index contributed by atoms with van der Waals surface area (Å²) in [4.78, 5) is 7.12. The number of nitro benzene ring substituents is 1. The maximum atomic E-state index is 13.5. The van der Waals surface area contributed by atoms with E-state index >= 15 is 0 Å². The van der Waals surface area contributed by atoms with Crippen molar-refractivity contribution in [2.24, 2.45) is 0 Å². The molecule has 1 aromatic rings. The molecule has 0 atom stereocenters. The third-order valence-electron chi connectivity index (χ3n) is 1.78. The van der Waals surface area contributed by atoms with Crippen molar-refractivity contribution in [2.45, 2.75) is 11.3 Å². The summed E-state index contributed by atoms with van der Waals surface area (Å²) in [6.45, 7) is 0. The Morgan fingerprint density at radius 2 is 1.75 bits per heavy atom. The summed E-state index contributed by atoms with van der Waals surface area (Å²) in [5.74, 6) is -6.94. The van der Waals surface area contributed by atoms with Gasteiger partial charge in [0.15, 0.2) is 5.82 Å². The van der Waals surface area contributed by atoms with Crippen molar-refractivity contribution in [1.29, 1.82) is 0 Å². The Kier molecular flexibility index (Phi) is 4.10. The maximum Gasteiger partial charge on any atom is 0.573 e. The average molecular weight is 342 g/mol. The molecular weight excluding hydrogens is 341 g/mol. The van der Waals surface area contributed by atoms with Crippen LogP contribution in [0, 0.1) is 21.7 Å². The first kappa shape index (κ1) is 16.4. The molecule has 0 unspecified atom stereocenters. The highest BCUT2D eigenvalue weighted by Crippen LogP contribution is 2.38. The Morgan fingerprint density at radius 3 is 2.10 bits per heavy atom. The lowest BCUT2D eigenvalue weighted by Crippen LogP contribution is -2.20. The van der Waals surface area contributed by atoms with Gasteiger partial charge in [-0.3, -0.25) is 10.1 Å². The summed E-state index contributed by atoms with van der Waals surface area (Å²) in [5, 5.41) is 10.4. The van der Waals surface area contributed by atoms with Crippen LogP contribution < -0.4 is 4.74 Å². The zero-order chi connectivity index (χ0) is 15.9. The summed E-state index contributed by atoms with van der Waals surface area (Å²) < 4.78 is 87.4. The second-order valence-electron chi connectivity index (χ2n) is 3.09. The SMILES string of the molecule is O=[N+]([O-])c1cc(S(=O)(=O)Cl)c(F)c(OC(F)(F)F)c1F. The normalized spacial score (nSPS) is 12.3. The second kappa shape index (κ2) is 5.01. The molecule has 0 fully saturated rings. The summed E-state index contributed by atoms with van der Waals surface area (Å²) in [5.41, 5.74) is -1.75. The third kappa shape index (κ3) is 3.45. The molecule has 112 valence electrons. The molecule has 1 aromatic carbocycles. The first-order valence-corrected chi connectivity index (χ1v) is 6.52. The van der Waals surface area contributed by atoms with E-state index in [1.807, 2.05) is 0 Å². The molecule has 0 bridgehead atoms. The fourth-order valence-corrected chi connectivity index (χ4v) is 1.99. The lowest BCUT2D eigenvalue weighted by atomic mass is 10.2. The van der Waals surface area contributed by atoms with E-state index in [2.05, 4.69) is 15.4 Å². The molecule has 0 aromatic heterocycles. The monoisotopic (exact) mass is 341 g/mol. The van der Waals surface area contributed by atoms with Crippen LogP contribution in [0.4, 0.5) is 27.6 Å². The minimum absolute atomic E-state index is 0.157. The van der Waals surface area contributed by atoms with E-state index in [0.29, 0.717) is 0 Å². The highest BCUT2D eigenvalue weighted by molar-refractivity contribution is 8.13. The van der Waals surface area contributed by atoms with Crippen LogP contribution in [-0.2, 0) is 9.05 Å². The molecule has 0 saturated carbocycles. The molecule has 13 heteroatoms. The summed E-state index contributed by atoms with van der Waals surface area (Å²) >= 11 is 0. The van der Waals surface area contributed by atoms with Gasteiger partial charge in [0.1, 0.15) is 4.90 Å². The minimum Gasteiger partial charge on any atom is -0.399 e. The number of halogens is 6. The maximum absolute atomic E-state index is 13.5. The van der Waals surface area contributed by atoms with Gasteiger partial charge in [-0.25, -0.2) is 12.8 Å². The first-order valence-electron chi connectivity index (χ1n) is 4.21. The number of ether oxygens (including phenoxy) is 1. The predicted molar refractivity (Wildman–Crippen MR) is 52.7 cm³/mol. The molecule has 0 aliphatic heterocycles. The van der Waals surface area contributed by atoms with E-state index in [0.717, 1.165) is 0 Å². The van der Waals surface area contributed by atoms with E-state index in [1.54, 1.807) is 0 Å². The molecule has 0 N–H and O–H groups in total. The number of alkyl halides is 3. The van der Waals surface area contributed by atoms with Crippen molar-refractivity contribution >= 4 is 25.4 Å². The van der Waals surface area contributed by atoms with Crippen LogP contribution >= 0.6 is 10.7 Å². The highest BCUT2D eigenvalue weighted by atomic mass is 35.7. The average Bonchev–Trinajstić information content (AvgIpc) is 2.20. The van der Waals surface area contributed by atoms with E-state index in [4.69, 9.17) is 0 Å². The molecule has 0 spiro atoms. The largest absolute Gasteiger partial charge is 0.573 e. The van der Waals surface area contributed by atoms with E-state index in [9.17, 15) is 40.5 Å². The molecule has 0 amide bonds. The van der Waals surface area contributed by atoms with Gasteiger partial charge < -0.3 is 4.74 Å². The molecule has 20 heavy (non-hydrogen) atoms. The van der Waals surface area contributed by atoms with Gasteiger partial charge in [0.05, 0.1) is 4.92 Å². The molecule has 0 radical (unpaired) electrons. The number of nitrogens with zero attached hydrogens (tertiary/aromatic N) is 1. The minimum atomic E-state index is -5.61. The zero-order valence-electron chi connectivity index (χ0n) is 8.74. The van der Waals surface area contributed by atoms with Crippen molar-refractivity contribution < 1.29 is 40.0 Å². The van der Waals surface area contributed by atoms with Crippen LogP contribution in [-0.4, -0.2) is 19.7 Å². The van der Waals surface area contributed by atoms with Gasteiger partial charge in [-0.2, -0.15) is 4.39 Å². The van der Waals surface area contributed by atoms with Crippen LogP contribution in [0.15, 0.2) is 11.0 Å². The second-order valence-corrected chi connectivity index (χ2v) is 5.63. The van der Waals surface area contributed by atoms with Crippen LogP contribution in [0.3, 0.4) is 0 Å². The van der Waals surface area contributed by atoms with Gasteiger partial charge >= 0.3 is 12.0 Å². The van der Waals surface area contributed by atoms with Crippen molar-refractivity contribution in [3.8, 4) is 5.75 Å². The lowest BCUT2D eigenvalue weighted by molar-refractivity contribution is -0.388. The van der Waals surface area contributed by atoms with Gasteiger partial charge in [0.2, 0.25) is 11.6 Å². The standard InChI is InChI=1S/C7HClF5NO5S/c8-20(17,18)3-1-2(14(15)16)4(9)6(5(3)10)19-7(11,12)13/h1H. The quantitative estimate of drug-likeness (QED) is 0.365. The Balaban J connectivity index is 3.73. The molecule has 0 heterocycles. The summed E-state index contributed by atoms with van der Waals surface area (Å²) in [6, 6.07) is -0.157. The summed E-state index contributed by atoms with van der Waals surface area (Å²) in [7, 11) is -0.319. The van der Waals surface area contributed by atoms with E-state index in [-0.39, 0.29) is 6.07 Å². The zero-order valence-corrected chi connectivity index (χ0v) is 10.3. The number of benzene rings is 1. The van der Waals surface area contributed by atoms with Gasteiger partial charge in [0, 0.05) is 16.7 Å².